The van der Waals surface area contributed by atoms with Gasteiger partial charge in [0.2, 0.25) is 5.95 Å². The number of aromatic nitrogens is 2. The van der Waals surface area contributed by atoms with Gasteiger partial charge in [-0.15, -0.1) is 11.3 Å². The van der Waals surface area contributed by atoms with Gasteiger partial charge < -0.3 is 4.90 Å². The highest BCUT2D eigenvalue weighted by Gasteiger charge is 2.14. The van der Waals surface area contributed by atoms with E-state index in [9.17, 15) is 0 Å². The van der Waals surface area contributed by atoms with E-state index in [2.05, 4.69) is 26.3 Å². The van der Waals surface area contributed by atoms with Crippen LogP contribution in [0.5, 0.6) is 0 Å². The van der Waals surface area contributed by atoms with Crippen molar-refractivity contribution >= 4 is 27.5 Å². The number of thiophene rings is 1. The van der Waals surface area contributed by atoms with E-state index in [0.29, 0.717) is 0 Å². The summed E-state index contributed by atoms with van der Waals surface area (Å²) in [5, 5.41) is 2.06. The van der Waals surface area contributed by atoms with Crippen LogP contribution in [0.3, 0.4) is 0 Å². The Morgan fingerprint density at radius 3 is 3.00 bits per heavy atom. The van der Waals surface area contributed by atoms with E-state index < -0.39 is 0 Å². The first kappa shape index (κ1) is 8.17. The minimum atomic E-state index is 0.897. The van der Waals surface area contributed by atoms with E-state index >= 15 is 0 Å². The summed E-state index contributed by atoms with van der Waals surface area (Å²) in [5.41, 5.74) is 1.08. The van der Waals surface area contributed by atoms with Crippen molar-refractivity contribution < 1.29 is 0 Å². The van der Waals surface area contributed by atoms with Crippen LogP contribution in [0.1, 0.15) is 12.8 Å². The van der Waals surface area contributed by atoms with Gasteiger partial charge in [-0.3, -0.25) is 0 Å². The lowest BCUT2D eigenvalue weighted by Gasteiger charge is -2.13. The quantitative estimate of drug-likeness (QED) is 0.715. The Bertz CT molecular complexity index is 445. The molecule has 1 fully saturated rings. The van der Waals surface area contributed by atoms with E-state index in [4.69, 9.17) is 0 Å². The lowest BCUT2D eigenvalue weighted by molar-refractivity contribution is 0.908. The zero-order valence-electron chi connectivity index (χ0n) is 7.81. The van der Waals surface area contributed by atoms with E-state index in [1.807, 2.05) is 6.20 Å². The molecule has 3 heterocycles. The van der Waals surface area contributed by atoms with Crippen molar-refractivity contribution in [3.8, 4) is 0 Å². The molecule has 1 saturated heterocycles. The molecule has 2 aromatic heterocycles. The van der Waals surface area contributed by atoms with Gasteiger partial charge in [0.25, 0.3) is 0 Å². The molecule has 0 bridgehead atoms. The maximum absolute atomic E-state index is 4.54. The lowest BCUT2D eigenvalue weighted by atomic mass is 10.4. The van der Waals surface area contributed by atoms with Crippen molar-refractivity contribution in [2.24, 2.45) is 0 Å². The average molecular weight is 205 g/mol. The minimum absolute atomic E-state index is 0.897. The maximum atomic E-state index is 4.54. The molecule has 2 aromatic rings. The van der Waals surface area contributed by atoms with Gasteiger partial charge in [0.05, 0.1) is 16.4 Å². The average Bonchev–Trinajstić information content (AvgIpc) is 2.88. The van der Waals surface area contributed by atoms with Gasteiger partial charge in [0.15, 0.2) is 0 Å². The summed E-state index contributed by atoms with van der Waals surface area (Å²) < 4.78 is 1.17. The van der Waals surface area contributed by atoms with Crippen LogP contribution >= 0.6 is 11.3 Å². The second kappa shape index (κ2) is 3.20. The monoisotopic (exact) mass is 205 g/mol. The van der Waals surface area contributed by atoms with Gasteiger partial charge in [-0.2, -0.15) is 0 Å². The summed E-state index contributed by atoms with van der Waals surface area (Å²) in [6, 6.07) is 2.06. The van der Waals surface area contributed by atoms with Crippen molar-refractivity contribution in [2.75, 3.05) is 18.0 Å². The predicted molar refractivity (Wildman–Crippen MR) is 58.9 cm³/mol. The Morgan fingerprint density at radius 1 is 1.29 bits per heavy atom. The summed E-state index contributed by atoms with van der Waals surface area (Å²) >= 11 is 1.70. The second-order valence-electron chi connectivity index (χ2n) is 3.53. The van der Waals surface area contributed by atoms with E-state index in [-0.39, 0.29) is 0 Å². The third-order valence-electron chi connectivity index (χ3n) is 2.58. The molecule has 0 aromatic carbocycles. The SMILES string of the molecule is c1cc2nc(N3CCCC3)ncc2s1. The molecule has 0 amide bonds. The smallest absolute Gasteiger partial charge is 0.225 e. The third kappa shape index (κ3) is 1.26. The summed E-state index contributed by atoms with van der Waals surface area (Å²) in [7, 11) is 0. The Hall–Kier alpha value is -1.16. The molecule has 0 N–H and O–H groups in total. The fraction of sp³-hybridized carbons (Fsp3) is 0.400. The van der Waals surface area contributed by atoms with Gasteiger partial charge in [-0.05, 0) is 24.3 Å². The van der Waals surface area contributed by atoms with E-state index in [0.717, 1.165) is 24.6 Å². The molecule has 0 unspecified atom stereocenters. The normalized spacial score (nSPS) is 16.7. The van der Waals surface area contributed by atoms with Crippen LogP contribution in [0.25, 0.3) is 10.2 Å². The molecule has 0 radical (unpaired) electrons. The van der Waals surface area contributed by atoms with Crippen molar-refractivity contribution in [1.82, 2.24) is 9.97 Å². The lowest BCUT2D eigenvalue weighted by Crippen LogP contribution is -2.20. The fourth-order valence-electron chi connectivity index (χ4n) is 1.83. The van der Waals surface area contributed by atoms with Gasteiger partial charge in [0.1, 0.15) is 0 Å². The van der Waals surface area contributed by atoms with Gasteiger partial charge in [0, 0.05) is 13.1 Å². The highest BCUT2D eigenvalue weighted by atomic mass is 32.1. The molecule has 72 valence electrons. The zero-order chi connectivity index (χ0) is 9.38. The molecule has 0 atom stereocenters. The van der Waals surface area contributed by atoms with E-state index in [1.165, 1.54) is 17.5 Å². The number of hydrogen-bond donors (Lipinski definition) is 0. The molecule has 3 rings (SSSR count). The molecule has 1 aliphatic rings. The predicted octanol–water partition coefficient (Wildman–Crippen LogP) is 2.29. The molecule has 1 aliphatic heterocycles. The topological polar surface area (TPSA) is 29.0 Å². The number of anilines is 1. The molecule has 3 nitrogen and oxygen atoms in total. The van der Waals surface area contributed by atoms with Gasteiger partial charge in [-0.1, -0.05) is 0 Å². The first-order chi connectivity index (χ1) is 6.93. The first-order valence-electron chi connectivity index (χ1n) is 4.89. The number of fused-ring (bicyclic) bond motifs is 1. The third-order valence-corrected chi connectivity index (χ3v) is 3.42. The van der Waals surface area contributed by atoms with Crippen LogP contribution in [0.15, 0.2) is 17.6 Å². The van der Waals surface area contributed by atoms with Crippen LogP contribution < -0.4 is 4.90 Å². The van der Waals surface area contributed by atoms with Gasteiger partial charge >= 0.3 is 0 Å². The Labute approximate surface area is 86.4 Å². The number of nitrogens with zero attached hydrogens (tertiary/aromatic N) is 3. The van der Waals surface area contributed by atoms with Crippen molar-refractivity contribution in [3.05, 3.63) is 17.6 Å². The number of hydrogen-bond acceptors (Lipinski definition) is 4. The first-order valence-corrected chi connectivity index (χ1v) is 5.77. The fourth-order valence-corrected chi connectivity index (χ4v) is 2.52. The number of rotatable bonds is 1. The Kier molecular flexibility index (Phi) is 1.87. The van der Waals surface area contributed by atoms with E-state index in [1.54, 1.807) is 11.3 Å². The molecule has 0 spiro atoms. The van der Waals surface area contributed by atoms with Crippen LogP contribution in [-0.2, 0) is 0 Å². The highest BCUT2D eigenvalue weighted by Crippen LogP contribution is 2.21. The summed E-state index contributed by atoms with van der Waals surface area (Å²) in [6.45, 7) is 2.21. The van der Waals surface area contributed by atoms with Crippen molar-refractivity contribution in [3.63, 3.8) is 0 Å². The van der Waals surface area contributed by atoms with Crippen molar-refractivity contribution in [1.29, 1.82) is 0 Å². The van der Waals surface area contributed by atoms with Crippen LogP contribution in [0.2, 0.25) is 0 Å². The Morgan fingerprint density at radius 2 is 2.14 bits per heavy atom. The minimum Gasteiger partial charge on any atom is -0.341 e. The maximum Gasteiger partial charge on any atom is 0.225 e. The van der Waals surface area contributed by atoms with Crippen LogP contribution in [0.4, 0.5) is 5.95 Å². The highest BCUT2D eigenvalue weighted by molar-refractivity contribution is 7.17. The molecule has 14 heavy (non-hydrogen) atoms. The Balaban J connectivity index is 2.04. The summed E-state index contributed by atoms with van der Waals surface area (Å²) in [4.78, 5) is 11.2. The largest absolute Gasteiger partial charge is 0.341 e. The zero-order valence-corrected chi connectivity index (χ0v) is 8.63. The molecular formula is C10H11N3S. The van der Waals surface area contributed by atoms with Crippen LogP contribution in [-0.4, -0.2) is 23.1 Å². The van der Waals surface area contributed by atoms with Gasteiger partial charge in [-0.25, -0.2) is 9.97 Å². The summed E-state index contributed by atoms with van der Waals surface area (Å²) in [5.74, 6) is 0.897. The molecule has 0 aliphatic carbocycles. The molecular weight excluding hydrogens is 194 g/mol. The molecule has 0 saturated carbocycles. The molecule has 4 heteroatoms. The summed E-state index contributed by atoms with van der Waals surface area (Å²) in [6.07, 6.45) is 4.47. The standard InChI is InChI=1S/C10H11N3S/c1-2-5-13(4-1)10-11-7-9-8(12-10)3-6-14-9/h3,6-7H,1-2,4-5H2. The second-order valence-corrected chi connectivity index (χ2v) is 4.48. The van der Waals surface area contributed by atoms with Crippen LogP contribution in [0, 0.1) is 0 Å². The van der Waals surface area contributed by atoms with Crippen molar-refractivity contribution in [2.45, 2.75) is 12.8 Å².